The molecule has 0 amide bonds. The summed E-state index contributed by atoms with van der Waals surface area (Å²) in [7, 11) is 0. The second kappa shape index (κ2) is 5.53. The molecule has 0 saturated heterocycles. The summed E-state index contributed by atoms with van der Waals surface area (Å²) in [4.78, 5) is 1.21. The molecule has 0 fully saturated rings. The molecule has 19 heavy (non-hydrogen) atoms. The molecule has 0 unspecified atom stereocenters. The third-order valence-corrected chi connectivity index (χ3v) is 5.39. The van der Waals surface area contributed by atoms with Gasteiger partial charge in [-0.1, -0.05) is 41.9 Å². The van der Waals surface area contributed by atoms with Crippen molar-refractivity contribution < 1.29 is 0 Å². The standard InChI is InChI=1S/C15H11BrClNS/c16-14-8-13(19-15(14)17)9-18-12-6-5-10-3-1-2-4-11(10)7-12/h1-8,18H,9H2. The van der Waals surface area contributed by atoms with E-state index in [0.717, 1.165) is 21.0 Å². The van der Waals surface area contributed by atoms with E-state index in [-0.39, 0.29) is 0 Å². The van der Waals surface area contributed by atoms with Crippen LogP contribution in [-0.2, 0) is 6.54 Å². The van der Waals surface area contributed by atoms with Gasteiger partial charge in [-0.25, -0.2) is 0 Å². The van der Waals surface area contributed by atoms with Crippen LogP contribution in [0.1, 0.15) is 4.88 Å². The van der Waals surface area contributed by atoms with Gasteiger partial charge in [0.05, 0.1) is 0 Å². The summed E-state index contributed by atoms with van der Waals surface area (Å²) >= 11 is 11.1. The highest BCUT2D eigenvalue weighted by Crippen LogP contribution is 2.32. The predicted molar refractivity (Wildman–Crippen MR) is 88.3 cm³/mol. The SMILES string of the molecule is Clc1sc(CNc2ccc3ccccc3c2)cc1Br. The fraction of sp³-hybridized carbons (Fsp3) is 0.0667. The summed E-state index contributed by atoms with van der Waals surface area (Å²) in [5, 5.41) is 5.93. The molecule has 0 aliphatic rings. The van der Waals surface area contributed by atoms with Crippen LogP contribution in [0.3, 0.4) is 0 Å². The smallest absolute Gasteiger partial charge is 0.107 e. The van der Waals surface area contributed by atoms with Gasteiger partial charge in [-0.2, -0.15) is 0 Å². The van der Waals surface area contributed by atoms with Crippen molar-refractivity contribution in [1.29, 1.82) is 0 Å². The average Bonchev–Trinajstić information content (AvgIpc) is 2.75. The molecule has 0 aliphatic heterocycles. The van der Waals surface area contributed by atoms with Crippen molar-refractivity contribution in [2.24, 2.45) is 0 Å². The molecule has 2 aromatic carbocycles. The normalized spacial score (nSPS) is 10.8. The summed E-state index contributed by atoms with van der Waals surface area (Å²) in [5.41, 5.74) is 1.12. The van der Waals surface area contributed by atoms with Gasteiger partial charge < -0.3 is 5.32 Å². The van der Waals surface area contributed by atoms with Crippen molar-refractivity contribution in [2.45, 2.75) is 6.54 Å². The molecule has 0 bridgehead atoms. The van der Waals surface area contributed by atoms with Crippen LogP contribution in [0.2, 0.25) is 4.34 Å². The maximum absolute atomic E-state index is 6.03. The van der Waals surface area contributed by atoms with E-state index in [2.05, 4.69) is 69.8 Å². The van der Waals surface area contributed by atoms with Gasteiger partial charge in [-0.3, -0.25) is 0 Å². The molecule has 0 saturated carbocycles. The number of hydrogen-bond donors (Lipinski definition) is 1. The highest BCUT2D eigenvalue weighted by atomic mass is 79.9. The number of rotatable bonds is 3. The quantitative estimate of drug-likeness (QED) is 0.616. The van der Waals surface area contributed by atoms with Gasteiger partial charge in [0.2, 0.25) is 0 Å². The van der Waals surface area contributed by atoms with E-state index in [1.54, 1.807) is 11.3 Å². The second-order valence-corrected chi connectivity index (χ2v) is 6.84. The van der Waals surface area contributed by atoms with E-state index in [1.807, 2.05) is 0 Å². The average molecular weight is 353 g/mol. The van der Waals surface area contributed by atoms with Gasteiger partial charge >= 0.3 is 0 Å². The number of hydrogen-bond acceptors (Lipinski definition) is 2. The monoisotopic (exact) mass is 351 g/mol. The van der Waals surface area contributed by atoms with Gasteiger partial charge in [-0.05, 0) is 44.9 Å². The molecule has 1 aromatic heterocycles. The molecule has 0 aliphatic carbocycles. The first-order valence-electron chi connectivity index (χ1n) is 5.89. The number of halogens is 2. The summed E-state index contributed by atoms with van der Waals surface area (Å²) in [6.45, 7) is 0.786. The molecule has 1 nitrogen and oxygen atoms in total. The van der Waals surface area contributed by atoms with E-state index in [0.29, 0.717) is 0 Å². The topological polar surface area (TPSA) is 12.0 Å². The molecule has 96 valence electrons. The Balaban J connectivity index is 1.78. The maximum Gasteiger partial charge on any atom is 0.107 e. The fourth-order valence-electron chi connectivity index (χ4n) is 1.97. The zero-order chi connectivity index (χ0) is 13.2. The zero-order valence-electron chi connectivity index (χ0n) is 9.99. The van der Waals surface area contributed by atoms with Gasteiger partial charge in [0.15, 0.2) is 0 Å². The molecule has 3 rings (SSSR count). The summed E-state index contributed by atoms with van der Waals surface area (Å²) in [6, 6.07) is 16.8. The lowest BCUT2D eigenvalue weighted by molar-refractivity contribution is 1.19. The first-order valence-corrected chi connectivity index (χ1v) is 7.87. The highest BCUT2D eigenvalue weighted by Gasteiger charge is 2.04. The molecule has 3 aromatic rings. The molecule has 4 heteroatoms. The van der Waals surface area contributed by atoms with Gasteiger partial charge in [0, 0.05) is 21.6 Å². The minimum atomic E-state index is 0.786. The van der Waals surface area contributed by atoms with E-state index in [9.17, 15) is 0 Å². The van der Waals surface area contributed by atoms with Crippen molar-refractivity contribution in [3.63, 3.8) is 0 Å². The van der Waals surface area contributed by atoms with Crippen LogP contribution in [0.15, 0.2) is 53.0 Å². The number of benzene rings is 2. The van der Waals surface area contributed by atoms with Crippen LogP contribution in [0.4, 0.5) is 5.69 Å². The van der Waals surface area contributed by atoms with E-state index in [4.69, 9.17) is 11.6 Å². The van der Waals surface area contributed by atoms with Crippen molar-refractivity contribution in [3.8, 4) is 0 Å². The van der Waals surface area contributed by atoms with E-state index in [1.165, 1.54) is 15.6 Å². The molecular formula is C15H11BrClNS. The first kappa shape index (κ1) is 13.0. The van der Waals surface area contributed by atoms with Gasteiger partial charge in [-0.15, -0.1) is 11.3 Å². The maximum atomic E-state index is 6.03. The van der Waals surface area contributed by atoms with Crippen molar-refractivity contribution >= 4 is 55.3 Å². The van der Waals surface area contributed by atoms with E-state index >= 15 is 0 Å². The van der Waals surface area contributed by atoms with E-state index < -0.39 is 0 Å². The Labute approximate surface area is 129 Å². The van der Waals surface area contributed by atoms with Crippen LogP contribution in [0, 0.1) is 0 Å². The Morgan fingerprint density at radius 2 is 1.84 bits per heavy atom. The molecule has 1 N–H and O–H groups in total. The van der Waals surface area contributed by atoms with Crippen molar-refractivity contribution in [3.05, 3.63) is 62.2 Å². The van der Waals surface area contributed by atoms with Gasteiger partial charge in [0.25, 0.3) is 0 Å². The van der Waals surface area contributed by atoms with Crippen molar-refractivity contribution in [2.75, 3.05) is 5.32 Å². The predicted octanol–water partition coefficient (Wildman–Crippen LogP) is 5.93. The number of nitrogens with one attached hydrogen (secondary N) is 1. The van der Waals surface area contributed by atoms with Crippen LogP contribution in [0.25, 0.3) is 10.8 Å². The first-order chi connectivity index (χ1) is 9.22. The molecule has 0 spiro atoms. The molecule has 0 radical (unpaired) electrons. The Morgan fingerprint density at radius 1 is 1.05 bits per heavy atom. The summed E-state index contributed by atoms with van der Waals surface area (Å²) in [6.07, 6.45) is 0. The van der Waals surface area contributed by atoms with Crippen LogP contribution in [0.5, 0.6) is 0 Å². The third kappa shape index (κ3) is 2.94. The minimum absolute atomic E-state index is 0.786. The second-order valence-electron chi connectivity index (χ2n) is 4.25. The Morgan fingerprint density at radius 3 is 2.58 bits per heavy atom. The highest BCUT2D eigenvalue weighted by molar-refractivity contribution is 9.10. The largest absolute Gasteiger partial charge is 0.380 e. The Bertz CT molecular complexity index is 703. The number of fused-ring (bicyclic) bond motifs is 1. The van der Waals surface area contributed by atoms with Crippen LogP contribution in [-0.4, -0.2) is 0 Å². The van der Waals surface area contributed by atoms with Crippen LogP contribution >= 0.6 is 38.9 Å². The van der Waals surface area contributed by atoms with Crippen molar-refractivity contribution in [1.82, 2.24) is 0 Å². The molecular weight excluding hydrogens is 342 g/mol. The Hall–Kier alpha value is -1.03. The lowest BCUT2D eigenvalue weighted by Crippen LogP contribution is -1.96. The van der Waals surface area contributed by atoms with Gasteiger partial charge in [0.1, 0.15) is 4.34 Å². The minimum Gasteiger partial charge on any atom is -0.380 e. The molecule has 1 heterocycles. The number of thiophene rings is 1. The summed E-state index contributed by atoms with van der Waals surface area (Å²) < 4.78 is 1.77. The molecule has 0 atom stereocenters. The summed E-state index contributed by atoms with van der Waals surface area (Å²) in [5.74, 6) is 0. The fourth-order valence-corrected chi connectivity index (χ4v) is 3.70. The number of anilines is 1. The third-order valence-electron chi connectivity index (χ3n) is 2.91. The Kier molecular flexibility index (Phi) is 3.78. The van der Waals surface area contributed by atoms with Crippen LogP contribution < -0.4 is 5.32 Å². The lowest BCUT2D eigenvalue weighted by atomic mass is 10.1. The zero-order valence-corrected chi connectivity index (χ0v) is 13.1. The lowest BCUT2D eigenvalue weighted by Gasteiger charge is -2.06.